The van der Waals surface area contributed by atoms with E-state index in [2.05, 4.69) is 15.6 Å². The number of nitrogens with one attached hydrogen (secondary N) is 2. The first-order valence-electron chi connectivity index (χ1n) is 8.21. The molecule has 0 aliphatic heterocycles. The number of nitriles is 1. The van der Waals surface area contributed by atoms with Crippen molar-refractivity contribution >= 4 is 23.2 Å². The fraction of sp³-hybridized carbons (Fsp3) is 0.0476. The molecule has 3 rings (SSSR count). The summed E-state index contributed by atoms with van der Waals surface area (Å²) in [4.78, 5) is 28.9. The number of para-hydroxylation sites is 1. The van der Waals surface area contributed by atoms with Gasteiger partial charge in [-0.1, -0.05) is 24.3 Å². The summed E-state index contributed by atoms with van der Waals surface area (Å²) >= 11 is 0. The van der Waals surface area contributed by atoms with Gasteiger partial charge in [-0.25, -0.2) is 0 Å². The zero-order valence-electron chi connectivity index (χ0n) is 14.6. The first-order chi connectivity index (χ1) is 13.1. The zero-order chi connectivity index (χ0) is 19.2. The van der Waals surface area contributed by atoms with Crippen molar-refractivity contribution in [3.63, 3.8) is 0 Å². The van der Waals surface area contributed by atoms with Crippen molar-refractivity contribution in [2.45, 2.75) is 6.92 Å². The van der Waals surface area contributed by atoms with Gasteiger partial charge in [0.15, 0.2) is 0 Å². The minimum atomic E-state index is -0.398. The molecule has 0 aliphatic rings. The zero-order valence-corrected chi connectivity index (χ0v) is 14.6. The van der Waals surface area contributed by atoms with Crippen molar-refractivity contribution in [2.75, 3.05) is 10.6 Å². The second-order valence-electron chi connectivity index (χ2n) is 5.85. The van der Waals surface area contributed by atoms with Crippen molar-refractivity contribution in [3.8, 4) is 6.07 Å². The highest BCUT2D eigenvalue weighted by Crippen LogP contribution is 2.15. The smallest absolute Gasteiger partial charge is 0.274 e. The number of pyridine rings is 1. The molecule has 0 unspecified atom stereocenters. The van der Waals surface area contributed by atoms with E-state index in [9.17, 15) is 9.59 Å². The van der Waals surface area contributed by atoms with Crippen LogP contribution in [-0.2, 0) is 0 Å². The molecule has 3 aromatic rings. The average Bonchev–Trinajstić information content (AvgIpc) is 2.70. The maximum absolute atomic E-state index is 12.4. The number of aromatic nitrogens is 1. The second kappa shape index (κ2) is 7.93. The molecule has 0 spiro atoms. The third kappa shape index (κ3) is 4.35. The molecule has 6 heteroatoms. The van der Waals surface area contributed by atoms with Crippen molar-refractivity contribution < 1.29 is 9.59 Å². The fourth-order valence-electron chi connectivity index (χ4n) is 2.47. The highest BCUT2D eigenvalue weighted by Gasteiger charge is 2.13. The minimum absolute atomic E-state index is 0.136. The van der Waals surface area contributed by atoms with Crippen molar-refractivity contribution in [1.82, 2.24) is 4.98 Å². The molecular formula is C21H16N4O2. The van der Waals surface area contributed by atoms with Gasteiger partial charge < -0.3 is 10.6 Å². The average molecular weight is 356 g/mol. The van der Waals surface area contributed by atoms with Gasteiger partial charge in [0.05, 0.1) is 11.6 Å². The molecule has 0 bridgehead atoms. The Balaban J connectivity index is 1.76. The van der Waals surface area contributed by atoms with Gasteiger partial charge in [0.25, 0.3) is 11.8 Å². The molecule has 0 saturated heterocycles. The van der Waals surface area contributed by atoms with Crippen LogP contribution < -0.4 is 10.6 Å². The molecule has 1 aromatic heterocycles. The van der Waals surface area contributed by atoms with Crippen LogP contribution in [0.5, 0.6) is 0 Å². The van der Waals surface area contributed by atoms with Gasteiger partial charge in [0.2, 0.25) is 0 Å². The van der Waals surface area contributed by atoms with Crippen LogP contribution in [0.2, 0.25) is 0 Å². The molecule has 2 aromatic carbocycles. The summed E-state index contributed by atoms with van der Waals surface area (Å²) in [6.07, 6.45) is 1.41. The standard InChI is InChI=1S/C21H16N4O2/c1-14-5-2-3-8-18(14)25-21(27)19-12-16(9-10-23-19)20(26)24-17-7-4-6-15(11-17)13-22/h2-12H,1H3,(H,24,26)(H,25,27). The maximum atomic E-state index is 12.4. The van der Waals surface area contributed by atoms with Gasteiger partial charge >= 0.3 is 0 Å². The normalized spacial score (nSPS) is 9.93. The Kier molecular flexibility index (Phi) is 5.24. The lowest BCUT2D eigenvalue weighted by molar-refractivity contribution is 0.102. The number of anilines is 2. The Labute approximate surface area is 156 Å². The third-order valence-electron chi connectivity index (χ3n) is 3.90. The van der Waals surface area contributed by atoms with Crippen LogP contribution in [0, 0.1) is 18.3 Å². The molecule has 0 atom stereocenters. The summed E-state index contributed by atoms with van der Waals surface area (Å²) in [6, 6.07) is 19.0. The first-order valence-corrected chi connectivity index (χ1v) is 8.21. The molecule has 2 N–H and O–H groups in total. The van der Waals surface area contributed by atoms with E-state index in [-0.39, 0.29) is 5.69 Å². The number of carbonyl (C=O) groups excluding carboxylic acids is 2. The summed E-state index contributed by atoms with van der Waals surface area (Å²) in [6.45, 7) is 1.89. The van der Waals surface area contributed by atoms with Gasteiger partial charge in [0, 0.05) is 23.1 Å². The molecule has 0 radical (unpaired) electrons. The largest absolute Gasteiger partial charge is 0.322 e. The lowest BCUT2D eigenvalue weighted by atomic mass is 10.1. The second-order valence-corrected chi connectivity index (χ2v) is 5.85. The molecule has 132 valence electrons. The Morgan fingerprint density at radius 1 is 0.963 bits per heavy atom. The Bertz CT molecular complexity index is 1050. The van der Waals surface area contributed by atoms with Crippen LogP contribution >= 0.6 is 0 Å². The van der Waals surface area contributed by atoms with Crippen molar-refractivity contribution in [1.29, 1.82) is 5.26 Å². The van der Waals surface area contributed by atoms with Crippen molar-refractivity contribution in [3.05, 3.63) is 89.2 Å². The lowest BCUT2D eigenvalue weighted by Gasteiger charge is -2.09. The molecule has 1 heterocycles. The number of aryl methyl sites for hydroxylation is 1. The van der Waals surface area contributed by atoms with E-state index in [0.29, 0.717) is 22.5 Å². The van der Waals surface area contributed by atoms with Gasteiger partial charge in [-0.15, -0.1) is 0 Å². The fourth-order valence-corrected chi connectivity index (χ4v) is 2.47. The highest BCUT2D eigenvalue weighted by atomic mass is 16.2. The van der Waals surface area contributed by atoms with E-state index in [1.807, 2.05) is 31.2 Å². The predicted octanol–water partition coefficient (Wildman–Crippen LogP) is 3.77. The number of amides is 2. The number of hydrogen-bond acceptors (Lipinski definition) is 4. The molecule has 0 saturated carbocycles. The van der Waals surface area contributed by atoms with E-state index in [0.717, 1.165) is 5.56 Å². The first kappa shape index (κ1) is 17.8. The van der Waals surface area contributed by atoms with E-state index < -0.39 is 11.8 Å². The van der Waals surface area contributed by atoms with Crippen LogP contribution in [-0.4, -0.2) is 16.8 Å². The highest BCUT2D eigenvalue weighted by molar-refractivity contribution is 6.08. The van der Waals surface area contributed by atoms with Crippen LogP contribution in [0.25, 0.3) is 0 Å². The van der Waals surface area contributed by atoms with Crippen LogP contribution in [0.1, 0.15) is 32.0 Å². The lowest BCUT2D eigenvalue weighted by Crippen LogP contribution is -2.17. The summed E-state index contributed by atoms with van der Waals surface area (Å²) in [5, 5.41) is 14.4. The summed E-state index contributed by atoms with van der Waals surface area (Å²) < 4.78 is 0. The number of nitrogens with zero attached hydrogens (tertiary/aromatic N) is 2. The van der Waals surface area contributed by atoms with Gasteiger partial charge in [-0.05, 0) is 48.9 Å². The van der Waals surface area contributed by atoms with E-state index >= 15 is 0 Å². The number of hydrogen-bond donors (Lipinski definition) is 2. The Morgan fingerprint density at radius 2 is 1.78 bits per heavy atom. The van der Waals surface area contributed by atoms with Crippen molar-refractivity contribution in [2.24, 2.45) is 0 Å². The van der Waals surface area contributed by atoms with E-state index in [1.54, 1.807) is 30.3 Å². The third-order valence-corrected chi connectivity index (χ3v) is 3.90. The number of benzene rings is 2. The molecular weight excluding hydrogens is 340 g/mol. The van der Waals surface area contributed by atoms with Crippen LogP contribution in [0.3, 0.4) is 0 Å². The SMILES string of the molecule is Cc1ccccc1NC(=O)c1cc(C(=O)Nc2cccc(C#N)c2)ccn1. The van der Waals surface area contributed by atoms with E-state index in [4.69, 9.17) is 5.26 Å². The molecule has 2 amide bonds. The van der Waals surface area contributed by atoms with Crippen LogP contribution in [0.4, 0.5) is 11.4 Å². The topological polar surface area (TPSA) is 94.9 Å². The Hall–Kier alpha value is -3.98. The predicted molar refractivity (Wildman–Crippen MR) is 102 cm³/mol. The maximum Gasteiger partial charge on any atom is 0.274 e. The molecule has 27 heavy (non-hydrogen) atoms. The summed E-state index contributed by atoms with van der Waals surface area (Å²) in [7, 11) is 0. The quantitative estimate of drug-likeness (QED) is 0.744. The van der Waals surface area contributed by atoms with E-state index in [1.165, 1.54) is 18.3 Å². The Morgan fingerprint density at radius 3 is 2.56 bits per heavy atom. The van der Waals surface area contributed by atoms with Crippen LogP contribution in [0.15, 0.2) is 66.9 Å². The number of rotatable bonds is 4. The molecule has 6 nitrogen and oxygen atoms in total. The van der Waals surface area contributed by atoms with Gasteiger partial charge in [-0.2, -0.15) is 5.26 Å². The molecule has 0 fully saturated rings. The summed E-state index contributed by atoms with van der Waals surface area (Å²) in [5.74, 6) is -0.789. The summed E-state index contributed by atoms with van der Waals surface area (Å²) in [5.41, 5.74) is 2.99. The monoisotopic (exact) mass is 356 g/mol. The number of carbonyl (C=O) groups is 2. The molecule has 0 aliphatic carbocycles. The van der Waals surface area contributed by atoms with Gasteiger partial charge in [-0.3, -0.25) is 14.6 Å². The van der Waals surface area contributed by atoms with Gasteiger partial charge in [0.1, 0.15) is 5.69 Å². The minimum Gasteiger partial charge on any atom is -0.322 e.